The first-order valence-corrected chi connectivity index (χ1v) is 9.92. The van der Waals surface area contributed by atoms with Gasteiger partial charge < -0.3 is 9.47 Å². The van der Waals surface area contributed by atoms with Gasteiger partial charge in [0.05, 0.1) is 0 Å². The van der Waals surface area contributed by atoms with Gasteiger partial charge >= 0.3 is 0 Å². The van der Waals surface area contributed by atoms with Crippen molar-refractivity contribution in [2.24, 2.45) is 5.92 Å². The summed E-state index contributed by atoms with van der Waals surface area (Å²) in [6, 6.07) is 17.2. The average molecular weight is 398 g/mol. The number of benzene rings is 2. The second-order valence-corrected chi connectivity index (χ2v) is 7.74. The van der Waals surface area contributed by atoms with E-state index in [1.54, 1.807) is 12.1 Å². The lowest BCUT2D eigenvalue weighted by molar-refractivity contribution is -0.118. The van der Waals surface area contributed by atoms with E-state index in [1.807, 2.05) is 42.5 Å². The van der Waals surface area contributed by atoms with E-state index < -0.39 is 0 Å². The number of nitrogens with zero attached hydrogens (tertiary/aromatic N) is 2. The lowest BCUT2D eigenvalue weighted by Crippen LogP contribution is -2.20. The number of carbonyl (C=O) groups is 1. The van der Waals surface area contributed by atoms with Crippen LogP contribution in [0.4, 0.5) is 5.13 Å². The molecule has 0 unspecified atom stereocenters. The number of hydrogen-bond donors (Lipinski definition) is 1. The van der Waals surface area contributed by atoms with Gasteiger partial charge in [0.1, 0.15) is 23.1 Å². The monoisotopic (exact) mass is 397 g/mol. The summed E-state index contributed by atoms with van der Waals surface area (Å²) in [5.74, 6) is 1.57. The van der Waals surface area contributed by atoms with Gasteiger partial charge in [-0.05, 0) is 35.7 Å². The van der Waals surface area contributed by atoms with Crippen molar-refractivity contribution in [2.45, 2.75) is 26.9 Å². The highest BCUT2D eigenvalue weighted by atomic mass is 32.1. The molecular weight excluding hydrogens is 374 g/mol. The molecule has 0 aliphatic carbocycles. The smallest absolute Gasteiger partial charge is 0.264 e. The van der Waals surface area contributed by atoms with E-state index in [0.29, 0.717) is 23.4 Å². The van der Waals surface area contributed by atoms with E-state index in [9.17, 15) is 4.79 Å². The first-order chi connectivity index (χ1) is 13.6. The van der Waals surface area contributed by atoms with Crippen molar-refractivity contribution in [2.75, 3.05) is 11.9 Å². The van der Waals surface area contributed by atoms with E-state index in [1.165, 1.54) is 11.3 Å². The Morgan fingerprint density at radius 3 is 2.36 bits per heavy atom. The van der Waals surface area contributed by atoms with Crippen LogP contribution >= 0.6 is 11.3 Å². The van der Waals surface area contributed by atoms with Crippen LogP contribution < -0.4 is 14.8 Å². The van der Waals surface area contributed by atoms with E-state index >= 15 is 0 Å². The maximum Gasteiger partial charge on any atom is 0.264 e. The Labute approximate surface area is 168 Å². The van der Waals surface area contributed by atoms with Crippen molar-refractivity contribution in [1.82, 2.24) is 10.2 Å². The summed E-state index contributed by atoms with van der Waals surface area (Å²) in [7, 11) is 0. The maximum atomic E-state index is 12.0. The molecule has 6 nitrogen and oxygen atoms in total. The van der Waals surface area contributed by atoms with Crippen LogP contribution in [0.25, 0.3) is 0 Å². The zero-order chi connectivity index (χ0) is 19.8. The fourth-order valence-electron chi connectivity index (χ4n) is 2.41. The topological polar surface area (TPSA) is 73.3 Å². The molecule has 0 radical (unpaired) electrons. The largest absolute Gasteiger partial charge is 0.489 e. The van der Waals surface area contributed by atoms with Crippen LogP contribution in [0.2, 0.25) is 0 Å². The molecule has 1 heterocycles. The number of rotatable bonds is 9. The highest BCUT2D eigenvalue weighted by Gasteiger charge is 2.10. The highest BCUT2D eigenvalue weighted by Crippen LogP contribution is 2.20. The van der Waals surface area contributed by atoms with Crippen LogP contribution in [-0.4, -0.2) is 22.7 Å². The third kappa shape index (κ3) is 6.35. The van der Waals surface area contributed by atoms with Crippen LogP contribution in [-0.2, 0) is 17.8 Å². The lowest BCUT2D eigenvalue weighted by Gasteiger charge is -2.08. The van der Waals surface area contributed by atoms with E-state index in [4.69, 9.17) is 9.47 Å². The minimum Gasteiger partial charge on any atom is -0.489 e. The predicted molar refractivity (Wildman–Crippen MR) is 110 cm³/mol. The molecule has 1 N–H and O–H groups in total. The van der Waals surface area contributed by atoms with E-state index in [2.05, 4.69) is 29.4 Å². The highest BCUT2D eigenvalue weighted by molar-refractivity contribution is 7.15. The van der Waals surface area contributed by atoms with Crippen LogP contribution in [0.1, 0.15) is 24.4 Å². The maximum absolute atomic E-state index is 12.0. The van der Waals surface area contributed by atoms with E-state index in [0.717, 1.165) is 22.7 Å². The fourth-order valence-corrected chi connectivity index (χ4v) is 3.38. The Bertz CT molecular complexity index is 879. The van der Waals surface area contributed by atoms with Gasteiger partial charge in [-0.25, -0.2) is 0 Å². The third-order valence-corrected chi connectivity index (χ3v) is 4.60. The van der Waals surface area contributed by atoms with Crippen LogP contribution in [0.5, 0.6) is 11.5 Å². The molecule has 28 heavy (non-hydrogen) atoms. The molecule has 0 bridgehead atoms. The minimum absolute atomic E-state index is 0.0939. The molecule has 3 rings (SSSR count). The first-order valence-electron chi connectivity index (χ1n) is 9.10. The summed E-state index contributed by atoms with van der Waals surface area (Å²) in [5, 5.41) is 12.2. The number of nitrogens with one attached hydrogen (secondary N) is 1. The number of carbonyl (C=O) groups excluding carboxylic acids is 1. The molecule has 0 aliphatic rings. The molecule has 2 aromatic carbocycles. The van der Waals surface area contributed by atoms with Gasteiger partial charge in [-0.15, -0.1) is 10.2 Å². The van der Waals surface area contributed by atoms with Gasteiger partial charge in [0, 0.05) is 6.42 Å². The number of amides is 1. The molecule has 0 saturated heterocycles. The quantitative estimate of drug-likeness (QED) is 0.582. The van der Waals surface area contributed by atoms with Crippen LogP contribution in [0, 0.1) is 5.92 Å². The molecule has 0 saturated carbocycles. The van der Waals surface area contributed by atoms with E-state index in [-0.39, 0.29) is 12.5 Å². The Morgan fingerprint density at radius 2 is 1.68 bits per heavy atom. The summed E-state index contributed by atoms with van der Waals surface area (Å²) in [4.78, 5) is 12.0. The first kappa shape index (κ1) is 19.8. The molecular formula is C21H23N3O3S. The van der Waals surface area contributed by atoms with Crippen molar-refractivity contribution < 1.29 is 14.3 Å². The van der Waals surface area contributed by atoms with Gasteiger partial charge in [-0.3, -0.25) is 10.1 Å². The van der Waals surface area contributed by atoms with Crippen molar-refractivity contribution in [3.63, 3.8) is 0 Å². The van der Waals surface area contributed by atoms with Crippen molar-refractivity contribution in [1.29, 1.82) is 0 Å². The zero-order valence-corrected chi connectivity index (χ0v) is 16.7. The summed E-state index contributed by atoms with van der Waals surface area (Å²) in [6.45, 7) is 4.64. The Balaban J connectivity index is 1.42. The molecule has 0 spiro atoms. The van der Waals surface area contributed by atoms with Gasteiger partial charge in [0.25, 0.3) is 5.91 Å². The number of ether oxygens (including phenoxy) is 2. The molecule has 1 amide bonds. The Hall–Kier alpha value is -2.93. The number of aromatic nitrogens is 2. The number of anilines is 1. The van der Waals surface area contributed by atoms with Gasteiger partial charge in [0.15, 0.2) is 6.61 Å². The molecule has 0 atom stereocenters. The summed E-state index contributed by atoms with van der Waals surface area (Å²) in [6.07, 6.45) is 0.850. The molecule has 146 valence electrons. The second-order valence-electron chi connectivity index (χ2n) is 6.68. The van der Waals surface area contributed by atoms with Crippen molar-refractivity contribution >= 4 is 22.4 Å². The molecule has 1 aromatic heterocycles. The van der Waals surface area contributed by atoms with Gasteiger partial charge in [0.2, 0.25) is 5.13 Å². The SMILES string of the molecule is CC(C)Cc1nnc(NC(=O)COc2ccc(OCc3ccccc3)cc2)s1. The third-order valence-electron chi connectivity index (χ3n) is 3.74. The Morgan fingerprint density at radius 1 is 1.00 bits per heavy atom. The molecule has 7 heteroatoms. The zero-order valence-electron chi connectivity index (χ0n) is 15.9. The molecule has 0 aliphatic heterocycles. The Kier molecular flexibility index (Phi) is 6.97. The molecule has 0 fully saturated rings. The van der Waals surface area contributed by atoms with Gasteiger partial charge in [-0.2, -0.15) is 0 Å². The predicted octanol–water partition coefficient (Wildman–Crippen LogP) is 4.33. The summed E-state index contributed by atoms with van der Waals surface area (Å²) in [5.41, 5.74) is 1.10. The van der Waals surface area contributed by atoms with Crippen molar-refractivity contribution in [3.8, 4) is 11.5 Å². The average Bonchev–Trinajstić information content (AvgIpc) is 3.12. The molecule has 3 aromatic rings. The van der Waals surface area contributed by atoms with Crippen LogP contribution in [0.15, 0.2) is 54.6 Å². The normalized spacial score (nSPS) is 10.7. The fraction of sp³-hybridized carbons (Fsp3) is 0.286. The number of hydrogen-bond acceptors (Lipinski definition) is 6. The van der Waals surface area contributed by atoms with Gasteiger partial charge in [-0.1, -0.05) is 55.5 Å². The van der Waals surface area contributed by atoms with Crippen molar-refractivity contribution in [3.05, 3.63) is 65.2 Å². The lowest BCUT2D eigenvalue weighted by atomic mass is 10.1. The second kappa shape index (κ2) is 9.85. The van der Waals surface area contributed by atoms with Crippen LogP contribution in [0.3, 0.4) is 0 Å². The standard InChI is InChI=1S/C21H23N3O3S/c1-15(2)12-20-23-24-21(28-20)22-19(25)14-27-18-10-8-17(9-11-18)26-13-16-6-4-3-5-7-16/h3-11,15H,12-14H2,1-2H3,(H,22,24,25). The minimum atomic E-state index is -0.267. The summed E-state index contributed by atoms with van der Waals surface area (Å²) >= 11 is 1.39. The summed E-state index contributed by atoms with van der Waals surface area (Å²) < 4.78 is 11.3.